The van der Waals surface area contributed by atoms with Crippen LogP contribution in [0.25, 0.3) is 11.0 Å². The van der Waals surface area contributed by atoms with Crippen LogP contribution in [0.4, 0.5) is 0 Å². The standard InChI is InChI=1S/C19H21N2O3/c1-14(22)15-7-9-17(10-8-15)24-12-16(23)11-21-13-20(2)18-5-3-4-6-19(18)21/h3-10,13,16,23H,11-12H2,1-2H3/q+1/t16-/m0/s1. The van der Waals surface area contributed by atoms with Gasteiger partial charge >= 0.3 is 0 Å². The van der Waals surface area contributed by atoms with Gasteiger partial charge in [0.2, 0.25) is 6.33 Å². The Kier molecular flexibility index (Phi) is 4.62. The minimum Gasteiger partial charge on any atom is -0.491 e. The predicted molar refractivity (Wildman–Crippen MR) is 91.1 cm³/mol. The number of ether oxygens (including phenoxy) is 1. The van der Waals surface area contributed by atoms with Gasteiger partial charge in [0.1, 0.15) is 25.0 Å². The van der Waals surface area contributed by atoms with E-state index in [4.69, 9.17) is 4.74 Å². The number of aromatic nitrogens is 2. The Balaban J connectivity index is 1.63. The largest absolute Gasteiger partial charge is 0.491 e. The molecular weight excluding hydrogens is 304 g/mol. The molecule has 0 aliphatic rings. The Morgan fingerprint density at radius 3 is 2.62 bits per heavy atom. The molecule has 0 spiro atoms. The number of aliphatic hydroxyl groups is 1. The van der Waals surface area contributed by atoms with Crippen molar-refractivity contribution in [2.45, 2.75) is 19.6 Å². The van der Waals surface area contributed by atoms with Crippen LogP contribution in [0.3, 0.4) is 0 Å². The second-order valence-corrected chi connectivity index (χ2v) is 5.91. The number of Topliss-reactive ketones (excluding diaryl/α,β-unsaturated/α-hetero) is 1. The van der Waals surface area contributed by atoms with Crippen LogP contribution in [0, 0.1) is 0 Å². The van der Waals surface area contributed by atoms with Crippen molar-refractivity contribution < 1.29 is 19.2 Å². The molecule has 0 fully saturated rings. The molecule has 124 valence electrons. The van der Waals surface area contributed by atoms with Gasteiger partial charge in [-0.3, -0.25) is 4.79 Å². The molecule has 24 heavy (non-hydrogen) atoms. The highest BCUT2D eigenvalue weighted by molar-refractivity contribution is 5.94. The first-order chi connectivity index (χ1) is 11.5. The number of aliphatic hydroxyl groups excluding tert-OH is 1. The maximum Gasteiger partial charge on any atom is 0.244 e. The van der Waals surface area contributed by atoms with Gasteiger partial charge < -0.3 is 9.84 Å². The fourth-order valence-corrected chi connectivity index (χ4v) is 2.74. The summed E-state index contributed by atoms with van der Waals surface area (Å²) in [4.78, 5) is 11.2. The fourth-order valence-electron chi connectivity index (χ4n) is 2.74. The average Bonchev–Trinajstić information content (AvgIpc) is 2.90. The van der Waals surface area contributed by atoms with Crippen LogP contribution in [-0.4, -0.2) is 28.2 Å². The van der Waals surface area contributed by atoms with E-state index in [-0.39, 0.29) is 12.4 Å². The van der Waals surface area contributed by atoms with Crippen LogP contribution in [0.15, 0.2) is 54.9 Å². The number of ketones is 1. The lowest BCUT2D eigenvalue weighted by Gasteiger charge is -2.11. The van der Waals surface area contributed by atoms with Crippen molar-refractivity contribution in [3.63, 3.8) is 0 Å². The minimum atomic E-state index is -0.631. The van der Waals surface area contributed by atoms with Gasteiger partial charge in [0.15, 0.2) is 16.8 Å². The number of hydrogen-bond donors (Lipinski definition) is 1. The molecule has 0 saturated carbocycles. The van der Waals surface area contributed by atoms with Crippen molar-refractivity contribution in [3.8, 4) is 5.75 Å². The third-order valence-electron chi connectivity index (χ3n) is 3.99. The molecule has 0 saturated heterocycles. The normalized spacial score (nSPS) is 12.3. The van der Waals surface area contributed by atoms with Crippen LogP contribution >= 0.6 is 0 Å². The summed E-state index contributed by atoms with van der Waals surface area (Å²) in [6.45, 7) is 2.17. The number of hydrogen-bond acceptors (Lipinski definition) is 3. The maximum absolute atomic E-state index is 11.2. The molecule has 0 amide bonds. The summed E-state index contributed by atoms with van der Waals surface area (Å²) >= 11 is 0. The van der Waals surface area contributed by atoms with E-state index in [1.807, 2.05) is 46.8 Å². The van der Waals surface area contributed by atoms with Gasteiger partial charge in [-0.05, 0) is 43.3 Å². The maximum atomic E-state index is 11.2. The van der Waals surface area contributed by atoms with Gasteiger partial charge in [0, 0.05) is 5.56 Å². The summed E-state index contributed by atoms with van der Waals surface area (Å²) in [7, 11) is 1.98. The van der Waals surface area contributed by atoms with E-state index in [0.717, 1.165) is 11.0 Å². The smallest absolute Gasteiger partial charge is 0.244 e. The lowest BCUT2D eigenvalue weighted by atomic mass is 10.1. The fraction of sp³-hybridized carbons (Fsp3) is 0.263. The number of benzene rings is 2. The second-order valence-electron chi connectivity index (χ2n) is 5.91. The summed E-state index contributed by atoms with van der Waals surface area (Å²) < 4.78 is 9.66. The minimum absolute atomic E-state index is 0.0222. The SMILES string of the molecule is CC(=O)c1ccc(OC[C@@H](O)Cn2c[n+](C)c3ccccc32)cc1. The molecular formula is C19H21N2O3+. The highest BCUT2D eigenvalue weighted by atomic mass is 16.5. The number of nitrogens with zero attached hydrogens (tertiary/aromatic N) is 2. The molecule has 0 bridgehead atoms. The highest BCUT2D eigenvalue weighted by Gasteiger charge is 2.16. The van der Waals surface area contributed by atoms with Crippen molar-refractivity contribution in [3.05, 3.63) is 60.4 Å². The molecule has 1 atom stereocenters. The van der Waals surface area contributed by atoms with Crippen molar-refractivity contribution in [1.82, 2.24) is 4.57 Å². The van der Waals surface area contributed by atoms with Gasteiger partial charge in [-0.15, -0.1) is 0 Å². The van der Waals surface area contributed by atoms with Gasteiger partial charge in [-0.2, -0.15) is 0 Å². The molecule has 5 nitrogen and oxygen atoms in total. The summed E-state index contributed by atoms with van der Waals surface area (Å²) in [5.41, 5.74) is 2.84. The Morgan fingerprint density at radius 2 is 1.92 bits per heavy atom. The van der Waals surface area contributed by atoms with Crippen molar-refractivity contribution in [1.29, 1.82) is 0 Å². The molecule has 3 aromatic rings. The number of para-hydroxylation sites is 2. The number of carbonyl (C=O) groups is 1. The topological polar surface area (TPSA) is 55.3 Å². The Morgan fingerprint density at radius 1 is 1.21 bits per heavy atom. The van der Waals surface area contributed by atoms with Crippen LogP contribution in [0.2, 0.25) is 0 Å². The quantitative estimate of drug-likeness (QED) is 0.558. The van der Waals surface area contributed by atoms with Crippen LogP contribution in [-0.2, 0) is 13.6 Å². The Bertz CT molecular complexity index is 853. The van der Waals surface area contributed by atoms with E-state index >= 15 is 0 Å². The molecule has 0 unspecified atom stereocenters. The van der Waals surface area contributed by atoms with Gasteiger partial charge in [0.25, 0.3) is 0 Å². The zero-order chi connectivity index (χ0) is 17.1. The Hall–Kier alpha value is -2.66. The van der Waals surface area contributed by atoms with E-state index in [1.54, 1.807) is 24.3 Å². The first-order valence-corrected chi connectivity index (χ1v) is 7.90. The summed E-state index contributed by atoms with van der Waals surface area (Å²) in [6, 6.07) is 15.0. The molecule has 1 N–H and O–H groups in total. The number of carbonyl (C=O) groups excluding carboxylic acids is 1. The molecule has 0 aliphatic heterocycles. The first-order valence-electron chi connectivity index (χ1n) is 7.90. The van der Waals surface area contributed by atoms with Crippen molar-refractivity contribution >= 4 is 16.8 Å². The first kappa shape index (κ1) is 16.2. The zero-order valence-electron chi connectivity index (χ0n) is 13.8. The summed E-state index contributed by atoms with van der Waals surface area (Å²) in [5, 5.41) is 10.3. The molecule has 3 rings (SSSR count). The second kappa shape index (κ2) is 6.84. The average molecular weight is 325 g/mol. The van der Waals surface area contributed by atoms with Gasteiger partial charge in [-0.1, -0.05) is 12.1 Å². The Labute approximate surface area is 140 Å². The molecule has 5 heteroatoms. The zero-order valence-corrected chi connectivity index (χ0v) is 13.8. The summed E-state index contributed by atoms with van der Waals surface area (Å²) in [6.07, 6.45) is 1.34. The van der Waals surface area contributed by atoms with E-state index in [9.17, 15) is 9.90 Å². The molecule has 0 aliphatic carbocycles. The van der Waals surface area contributed by atoms with Crippen LogP contribution in [0.5, 0.6) is 5.75 Å². The van der Waals surface area contributed by atoms with Crippen LogP contribution in [0.1, 0.15) is 17.3 Å². The van der Waals surface area contributed by atoms with Gasteiger partial charge in [-0.25, -0.2) is 9.13 Å². The molecule has 2 aromatic carbocycles. The van der Waals surface area contributed by atoms with E-state index in [0.29, 0.717) is 17.9 Å². The van der Waals surface area contributed by atoms with E-state index in [1.165, 1.54) is 6.92 Å². The van der Waals surface area contributed by atoms with Crippen molar-refractivity contribution in [2.75, 3.05) is 6.61 Å². The summed E-state index contributed by atoms with van der Waals surface area (Å²) in [5.74, 6) is 0.663. The lowest BCUT2D eigenvalue weighted by Crippen LogP contribution is -2.27. The van der Waals surface area contributed by atoms with Crippen molar-refractivity contribution in [2.24, 2.45) is 7.05 Å². The lowest BCUT2D eigenvalue weighted by molar-refractivity contribution is -0.645. The monoisotopic (exact) mass is 325 g/mol. The van der Waals surface area contributed by atoms with E-state index in [2.05, 4.69) is 0 Å². The molecule has 1 heterocycles. The number of imidazole rings is 1. The molecule has 1 aromatic heterocycles. The van der Waals surface area contributed by atoms with E-state index < -0.39 is 6.10 Å². The highest BCUT2D eigenvalue weighted by Crippen LogP contribution is 2.14. The number of rotatable bonds is 6. The third-order valence-corrected chi connectivity index (χ3v) is 3.99. The molecule has 0 radical (unpaired) electrons. The number of aryl methyl sites for hydroxylation is 1. The third kappa shape index (κ3) is 3.46. The van der Waals surface area contributed by atoms with Crippen LogP contribution < -0.4 is 9.30 Å². The van der Waals surface area contributed by atoms with Gasteiger partial charge in [0.05, 0.1) is 7.05 Å². The predicted octanol–water partition coefficient (Wildman–Crippen LogP) is 2.11. The number of fused-ring (bicyclic) bond motifs is 1.